The first-order valence-electron chi connectivity index (χ1n) is 7.42. The zero-order valence-electron chi connectivity index (χ0n) is 13.7. The maximum Gasteiger partial charge on any atom is 0.137 e. The van der Waals surface area contributed by atoms with Crippen molar-refractivity contribution in [2.75, 3.05) is 0 Å². The molecule has 0 atom stereocenters. The molecule has 2 heteroatoms. The lowest BCUT2D eigenvalue weighted by Gasteiger charge is -2.20. The van der Waals surface area contributed by atoms with Crippen LogP contribution in [0.4, 0.5) is 0 Å². The predicted molar refractivity (Wildman–Crippen MR) is 87.4 cm³/mol. The summed E-state index contributed by atoms with van der Waals surface area (Å²) in [4.78, 5) is 0. The molecule has 1 rings (SSSR count). The molecule has 110 valence electrons. The lowest BCUT2D eigenvalue weighted by atomic mass is 9.85. The highest BCUT2D eigenvalue weighted by atomic mass is 14.3. The van der Waals surface area contributed by atoms with Gasteiger partial charge < -0.3 is 0 Å². The van der Waals surface area contributed by atoms with Crippen molar-refractivity contribution in [2.24, 2.45) is 5.92 Å². The number of nitrogens with zero attached hydrogens (tertiary/aromatic N) is 2. The molecule has 0 aromatic heterocycles. The Balaban J connectivity index is 3.11. The van der Waals surface area contributed by atoms with Crippen LogP contribution in [0.5, 0.6) is 0 Å². The van der Waals surface area contributed by atoms with Crippen LogP contribution in [0.2, 0.25) is 0 Å². The van der Waals surface area contributed by atoms with Gasteiger partial charge in [-0.15, -0.1) is 0 Å². The van der Waals surface area contributed by atoms with E-state index in [1.54, 1.807) is 0 Å². The van der Waals surface area contributed by atoms with Gasteiger partial charge in [-0.3, -0.25) is 0 Å². The normalized spacial score (nSPS) is 12.6. The highest BCUT2D eigenvalue weighted by Crippen LogP contribution is 2.29. The third kappa shape index (κ3) is 4.47. The fourth-order valence-corrected chi connectivity index (χ4v) is 2.47. The number of allylic oxidation sites excluding steroid dienone is 2. The summed E-state index contributed by atoms with van der Waals surface area (Å²) >= 11 is 0. The number of hydrogen-bond donors (Lipinski definition) is 0. The van der Waals surface area contributed by atoms with E-state index in [0.717, 1.165) is 12.0 Å². The fourth-order valence-electron chi connectivity index (χ4n) is 2.47. The Labute approximate surface area is 128 Å². The van der Waals surface area contributed by atoms with Crippen molar-refractivity contribution in [3.05, 3.63) is 41.0 Å². The minimum Gasteiger partial charge on any atom is -0.197 e. The molecule has 0 saturated heterocycles. The van der Waals surface area contributed by atoms with Crippen LogP contribution >= 0.6 is 0 Å². The molecular weight excluding hydrogens is 256 g/mol. The van der Waals surface area contributed by atoms with Gasteiger partial charge in [-0.2, -0.15) is 10.5 Å². The molecule has 0 bridgehead atoms. The molecule has 0 N–H and O–H groups in total. The van der Waals surface area contributed by atoms with E-state index in [9.17, 15) is 0 Å². The smallest absolute Gasteiger partial charge is 0.137 e. The van der Waals surface area contributed by atoms with Crippen molar-refractivity contribution in [1.29, 1.82) is 10.5 Å². The van der Waals surface area contributed by atoms with Gasteiger partial charge in [-0.25, -0.2) is 0 Å². The van der Waals surface area contributed by atoms with E-state index in [0.29, 0.717) is 6.42 Å². The van der Waals surface area contributed by atoms with Gasteiger partial charge >= 0.3 is 0 Å². The Kier molecular flexibility index (Phi) is 5.74. The van der Waals surface area contributed by atoms with E-state index in [-0.39, 0.29) is 5.41 Å². The molecule has 21 heavy (non-hydrogen) atoms. The highest BCUT2D eigenvalue weighted by Gasteiger charge is 2.14. The topological polar surface area (TPSA) is 47.6 Å². The number of nitriles is 2. The van der Waals surface area contributed by atoms with Crippen LogP contribution < -0.4 is 0 Å². The molecule has 0 amide bonds. The lowest BCUT2D eigenvalue weighted by molar-refractivity contribution is 0.590. The van der Waals surface area contributed by atoms with Crippen molar-refractivity contribution in [3.63, 3.8) is 0 Å². The van der Waals surface area contributed by atoms with Crippen LogP contribution in [-0.2, 0) is 5.41 Å². The maximum absolute atomic E-state index is 8.93. The Morgan fingerprint density at radius 1 is 1.10 bits per heavy atom. The summed E-state index contributed by atoms with van der Waals surface area (Å²) in [5, 5.41) is 17.9. The van der Waals surface area contributed by atoms with E-state index in [4.69, 9.17) is 10.5 Å². The molecule has 0 unspecified atom stereocenters. The highest BCUT2D eigenvalue weighted by molar-refractivity contribution is 5.68. The minimum absolute atomic E-state index is 0.149. The quantitative estimate of drug-likeness (QED) is 0.759. The zero-order chi connectivity index (χ0) is 16.0. The van der Waals surface area contributed by atoms with Crippen LogP contribution in [0.15, 0.2) is 29.8 Å². The molecule has 0 aliphatic heterocycles. The molecule has 2 nitrogen and oxygen atoms in total. The van der Waals surface area contributed by atoms with Crippen molar-refractivity contribution in [2.45, 2.75) is 52.9 Å². The standard InChI is InChI=1S/C19H24N2/c1-6-18(14(2)11-15(12-20)13-21)16-7-9-17(10-8-16)19(3,4)5/h7-10,15H,6,11H2,1-5H3/b18-14+. The van der Waals surface area contributed by atoms with Crippen LogP contribution in [0.1, 0.15) is 58.6 Å². The van der Waals surface area contributed by atoms with Crippen LogP contribution in [0, 0.1) is 28.6 Å². The number of hydrogen-bond acceptors (Lipinski definition) is 2. The first kappa shape index (κ1) is 17.0. The van der Waals surface area contributed by atoms with Crippen molar-refractivity contribution >= 4 is 5.57 Å². The molecule has 1 aromatic rings. The Morgan fingerprint density at radius 3 is 2.00 bits per heavy atom. The maximum atomic E-state index is 8.93. The summed E-state index contributed by atoms with van der Waals surface area (Å²) < 4.78 is 0. The predicted octanol–water partition coefficient (Wildman–Crippen LogP) is 5.22. The summed E-state index contributed by atoms with van der Waals surface area (Å²) in [5.74, 6) is -0.555. The van der Waals surface area contributed by atoms with E-state index in [2.05, 4.69) is 52.0 Å². The second-order valence-corrected chi connectivity index (χ2v) is 6.45. The van der Waals surface area contributed by atoms with E-state index < -0.39 is 5.92 Å². The van der Waals surface area contributed by atoms with Crippen molar-refractivity contribution in [3.8, 4) is 12.1 Å². The van der Waals surface area contributed by atoms with Gasteiger partial charge in [-0.1, -0.05) is 57.5 Å². The van der Waals surface area contributed by atoms with Crippen LogP contribution in [0.3, 0.4) is 0 Å². The fraction of sp³-hybridized carbons (Fsp3) is 0.474. The average Bonchev–Trinajstić information content (AvgIpc) is 2.45. The third-order valence-electron chi connectivity index (χ3n) is 3.79. The number of rotatable bonds is 4. The summed E-state index contributed by atoms with van der Waals surface area (Å²) in [6.07, 6.45) is 1.43. The molecule has 0 radical (unpaired) electrons. The van der Waals surface area contributed by atoms with E-state index in [1.807, 2.05) is 19.1 Å². The first-order valence-corrected chi connectivity index (χ1v) is 7.42. The molecule has 0 aliphatic carbocycles. The SMILES string of the molecule is CC/C(=C(/C)CC(C#N)C#N)c1ccc(C(C)(C)C)cc1. The van der Waals surface area contributed by atoms with Gasteiger partial charge in [0, 0.05) is 0 Å². The number of benzene rings is 1. The van der Waals surface area contributed by atoms with Gasteiger partial charge in [-0.05, 0) is 41.9 Å². The monoisotopic (exact) mass is 280 g/mol. The summed E-state index contributed by atoms with van der Waals surface area (Å²) in [6, 6.07) is 12.7. The first-order chi connectivity index (χ1) is 9.83. The largest absolute Gasteiger partial charge is 0.197 e. The molecular formula is C19H24N2. The lowest BCUT2D eigenvalue weighted by Crippen LogP contribution is -2.10. The zero-order valence-corrected chi connectivity index (χ0v) is 13.7. The molecule has 0 fully saturated rings. The van der Waals surface area contributed by atoms with Gasteiger partial charge in [0.25, 0.3) is 0 Å². The molecule has 1 aromatic carbocycles. The Bertz CT molecular complexity index is 572. The van der Waals surface area contributed by atoms with Crippen LogP contribution in [-0.4, -0.2) is 0 Å². The van der Waals surface area contributed by atoms with Gasteiger partial charge in [0.1, 0.15) is 5.92 Å². The summed E-state index contributed by atoms with van der Waals surface area (Å²) in [7, 11) is 0. The minimum atomic E-state index is -0.555. The average molecular weight is 280 g/mol. The van der Waals surface area contributed by atoms with Crippen molar-refractivity contribution < 1.29 is 0 Å². The second kappa shape index (κ2) is 7.09. The molecule has 0 heterocycles. The second-order valence-electron chi connectivity index (χ2n) is 6.45. The molecule has 0 saturated carbocycles. The Morgan fingerprint density at radius 2 is 1.62 bits per heavy atom. The molecule has 0 spiro atoms. The van der Waals surface area contributed by atoms with Gasteiger partial charge in [0.05, 0.1) is 12.1 Å². The van der Waals surface area contributed by atoms with E-state index in [1.165, 1.54) is 16.7 Å². The van der Waals surface area contributed by atoms with Crippen LogP contribution in [0.25, 0.3) is 5.57 Å². The van der Waals surface area contributed by atoms with Gasteiger partial charge in [0.2, 0.25) is 0 Å². The third-order valence-corrected chi connectivity index (χ3v) is 3.79. The Hall–Kier alpha value is -2.06. The van der Waals surface area contributed by atoms with E-state index >= 15 is 0 Å². The van der Waals surface area contributed by atoms with Crippen molar-refractivity contribution in [1.82, 2.24) is 0 Å². The summed E-state index contributed by atoms with van der Waals surface area (Å²) in [6.45, 7) is 10.7. The molecule has 0 aliphatic rings. The van der Waals surface area contributed by atoms with Gasteiger partial charge in [0.15, 0.2) is 0 Å². The summed E-state index contributed by atoms with van der Waals surface area (Å²) in [5.41, 5.74) is 5.03.